The van der Waals surface area contributed by atoms with Gasteiger partial charge in [-0.2, -0.15) is 0 Å². The average molecular weight is 288 g/mol. The van der Waals surface area contributed by atoms with Gasteiger partial charge in [-0.05, 0) is 37.1 Å². The van der Waals surface area contributed by atoms with Gasteiger partial charge in [0.1, 0.15) is 11.6 Å². The number of amides is 1. The van der Waals surface area contributed by atoms with E-state index in [0.29, 0.717) is 24.4 Å². The first-order valence-corrected chi connectivity index (χ1v) is 7.05. The van der Waals surface area contributed by atoms with Crippen LogP contribution in [0.2, 0.25) is 0 Å². The zero-order valence-electron chi connectivity index (χ0n) is 11.6. The highest BCUT2D eigenvalue weighted by atomic mass is 19.1. The van der Waals surface area contributed by atoms with E-state index in [1.807, 2.05) is 0 Å². The maximum Gasteiger partial charge on any atom is 0.289 e. The van der Waals surface area contributed by atoms with Crippen molar-refractivity contribution in [1.29, 1.82) is 0 Å². The molecule has 1 atom stereocenters. The third-order valence-corrected chi connectivity index (χ3v) is 3.70. The monoisotopic (exact) mass is 288 g/mol. The largest absolute Gasteiger partial charge is 0.451 e. The van der Waals surface area contributed by atoms with Crippen LogP contribution in [-0.4, -0.2) is 29.9 Å². The van der Waals surface area contributed by atoms with Crippen LogP contribution in [0, 0.1) is 5.82 Å². The summed E-state index contributed by atoms with van der Waals surface area (Å²) >= 11 is 0. The maximum atomic E-state index is 13.7. The number of nitrogens with zero attached hydrogens (tertiary/aromatic N) is 1. The number of rotatable bonds is 2. The number of likely N-dealkylation sites (tertiary alicyclic amines) is 1. The summed E-state index contributed by atoms with van der Waals surface area (Å²) < 4.78 is 19.2. The Morgan fingerprint density at radius 1 is 1.29 bits per heavy atom. The van der Waals surface area contributed by atoms with E-state index in [0.717, 1.165) is 12.8 Å². The number of hydrogen-bond donors (Lipinski definition) is 1. The zero-order chi connectivity index (χ0) is 14.8. The predicted octanol–water partition coefficient (Wildman–Crippen LogP) is 2.65. The summed E-state index contributed by atoms with van der Waals surface area (Å²) in [5.41, 5.74) is 6.24. The van der Waals surface area contributed by atoms with Crippen molar-refractivity contribution in [3.8, 4) is 11.3 Å². The predicted molar refractivity (Wildman–Crippen MR) is 77.2 cm³/mol. The third-order valence-electron chi connectivity index (χ3n) is 3.70. The number of carbonyl (C=O) groups is 1. The van der Waals surface area contributed by atoms with Crippen LogP contribution in [0.1, 0.15) is 23.4 Å². The van der Waals surface area contributed by atoms with Gasteiger partial charge in [-0.1, -0.05) is 12.1 Å². The minimum atomic E-state index is -0.370. The van der Waals surface area contributed by atoms with Crippen molar-refractivity contribution < 1.29 is 13.6 Å². The Kier molecular flexibility index (Phi) is 3.75. The molecule has 0 spiro atoms. The smallest absolute Gasteiger partial charge is 0.289 e. The molecule has 0 saturated carbocycles. The summed E-state index contributed by atoms with van der Waals surface area (Å²) in [6.07, 6.45) is 1.83. The van der Waals surface area contributed by atoms with Crippen molar-refractivity contribution in [2.45, 2.75) is 18.9 Å². The summed E-state index contributed by atoms with van der Waals surface area (Å²) in [7, 11) is 0. The molecule has 1 unspecified atom stereocenters. The molecular formula is C16H17FN2O2. The average Bonchev–Trinajstić information content (AvgIpc) is 2.96. The second-order valence-electron chi connectivity index (χ2n) is 5.30. The van der Waals surface area contributed by atoms with Crippen LogP contribution >= 0.6 is 0 Å². The van der Waals surface area contributed by atoms with Crippen molar-refractivity contribution >= 4 is 5.91 Å². The lowest BCUT2D eigenvalue weighted by Crippen LogP contribution is -2.45. The molecule has 0 radical (unpaired) electrons. The Balaban J connectivity index is 1.82. The quantitative estimate of drug-likeness (QED) is 0.924. The van der Waals surface area contributed by atoms with Crippen LogP contribution < -0.4 is 5.73 Å². The van der Waals surface area contributed by atoms with E-state index in [1.54, 1.807) is 35.2 Å². The first kappa shape index (κ1) is 13.8. The van der Waals surface area contributed by atoms with E-state index < -0.39 is 0 Å². The Hall–Kier alpha value is -2.14. The van der Waals surface area contributed by atoms with E-state index in [2.05, 4.69) is 0 Å². The molecule has 21 heavy (non-hydrogen) atoms. The molecule has 5 heteroatoms. The topological polar surface area (TPSA) is 59.5 Å². The van der Waals surface area contributed by atoms with Gasteiger partial charge in [0.15, 0.2) is 5.76 Å². The number of halogens is 1. The molecule has 1 aromatic heterocycles. The molecule has 3 rings (SSSR count). The molecule has 2 N–H and O–H groups in total. The first-order valence-electron chi connectivity index (χ1n) is 7.05. The normalized spacial score (nSPS) is 18.8. The van der Waals surface area contributed by atoms with Crippen molar-refractivity contribution in [3.63, 3.8) is 0 Å². The van der Waals surface area contributed by atoms with Gasteiger partial charge in [0.05, 0.1) is 5.56 Å². The van der Waals surface area contributed by atoms with Gasteiger partial charge >= 0.3 is 0 Å². The molecule has 110 valence electrons. The molecule has 1 aliphatic rings. The van der Waals surface area contributed by atoms with Crippen LogP contribution in [0.25, 0.3) is 11.3 Å². The minimum absolute atomic E-state index is 0.0173. The SMILES string of the molecule is NC1CCCN(C(=O)c2ccc(-c3ccccc3F)o2)C1. The number of furan rings is 1. The van der Waals surface area contributed by atoms with E-state index in [-0.39, 0.29) is 23.5 Å². The highest BCUT2D eigenvalue weighted by Crippen LogP contribution is 2.25. The van der Waals surface area contributed by atoms with Crippen molar-refractivity contribution in [2.24, 2.45) is 5.73 Å². The van der Waals surface area contributed by atoms with Gasteiger partial charge in [0.2, 0.25) is 0 Å². The molecular weight excluding hydrogens is 271 g/mol. The standard InChI is InChI=1S/C16H17FN2O2/c17-13-6-2-1-5-12(13)14-7-8-15(21-14)16(20)19-9-3-4-11(18)10-19/h1-2,5-8,11H,3-4,9-10,18H2. The number of carbonyl (C=O) groups excluding carboxylic acids is 1. The van der Waals surface area contributed by atoms with Gasteiger partial charge < -0.3 is 15.1 Å². The van der Waals surface area contributed by atoms with Crippen LogP contribution in [0.15, 0.2) is 40.8 Å². The van der Waals surface area contributed by atoms with Gasteiger partial charge in [0, 0.05) is 19.1 Å². The molecule has 1 fully saturated rings. The fourth-order valence-corrected chi connectivity index (χ4v) is 2.61. The van der Waals surface area contributed by atoms with Crippen LogP contribution in [0.3, 0.4) is 0 Å². The second kappa shape index (κ2) is 5.69. The fourth-order valence-electron chi connectivity index (χ4n) is 2.61. The van der Waals surface area contributed by atoms with Gasteiger partial charge in [-0.15, -0.1) is 0 Å². The highest BCUT2D eigenvalue weighted by Gasteiger charge is 2.24. The van der Waals surface area contributed by atoms with Crippen LogP contribution in [0.5, 0.6) is 0 Å². The number of piperidine rings is 1. The summed E-state index contributed by atoms with van der Waals surface area (Å²) in [4.78, 5) is 14.1. The van der Waals surface area contributed by atoms with Crippen LogP contribution in [-0.2, 0) is 0 Å². The summed E-state index contributed by atoms with van der Waals surface area (Å²) in [5.74, 6) is 0.0266. The van der Waals surface area contributed by atoms with E-state index in [4.69, 9.17) is 10.2 Å². The minimum Gasteiger partial charge on any atom is -0.451 e. The third kappa shape index (κ3) is 2.83. The van der Waals surface area contributed by atoms with E-state index >= 15 is 0 Å². The van der Waals surface area contributed by atoms with E-state index in [9.17, 15) is 9.18 Å². The Morgan fingerprint density at radius 3 is 2.86 bits per heavy atom. The van der Waals surface area contributed by atoms with E-state index in [1.165, 1.54) is 6.07 Å². The molecule has 2 heterocycles. The number of benzene rings is 1. The molecule has 1 saturated heterocycles. The van der Waals surface area contributed by atoms with Crippen molar-refractivity contribution in [2.75, 3.05) is 13.1 Å². The summed E-state index contributed by atoms with van der Waals surface area (Å²) in [5, 5.41) is 0. The zero-order valence-corrected chi connectivity index (χ0v) is 11.6. The van der Waals surface area contributed by atoms with Crippen LogP contribution in [0.4, 0.5) is 4.39 Å². The second-order valence-corrected chi connectivity index (χ2v) is 5.30. The van der Waals surface area contributed by atoms with Gasteiger partial charge in [0.25, 0.3) is 5.91 Å². The molecule has 0 bridgehead atoms. The Labute approximate surface area is 122 Å². The van der Waals surface area contributed by atoms with Crippen molar-refractivity contribution in [1.82, 2.24) is 4.90 Å². The number of nitrogens with two attached hydrogens (primary N) is 1. The number of hydrogen-bond acceptors (Lipinski definition) is 3. The lowest BCUT2D eigenvalue weighted by Gasteiger charge is -2.30. The molecule has 2 aromatic rings. The van der Waals surface area contributed by atoms with Crippen molar-refractivity contribution in [3.05, 3.63) is 48.0 Å². The molecule has 1 aliphatic heterocycles. The van der Waals surface area contributed by atoms with Gasteiger partial charge in [-0.25, -0.2) is 4.39 Å². The molecule has 1 aromatic carbocycles. The molecule has 1 amide bonds. The fraction of sp³-hybridized carbons (Fsp3) is 0.312. The Bertz CT molecular complexity index is 653. The lowest BCUT2D eigenvalue weighted by molar-refractivity contribution is 0.0677. The van der Waals surface area contributed by atoms with Gasteiger partial charge in [-0.3, -0.25) is 4.79 Å². The molecule has 4 nitrogen and oxygen atoms in total. The summed E-state index contributed by atoms with van der Waals surface area (Å²) in [6.45, 7) is 1.22. The Morgan fingerprint density at radius 2 is 2.10 bits per heavy atom. The lowest BCUT2D eigenvalue weighted by atomic mass is 10.1. The molecule has 0 aliphatic carbocycles. The highest BCUT2D eigenvalue weighted by molar-refractivity contribution is 5.92. The maximum absolute atomic E-state index is 13.7. The first-order chi connectivity index (χ1) is 10.1. The summed E-state index contributed by atoms with van der Waals surface area (Å²) in [6, 6.07) is 9.56.